The largest absolute Gasteiger partial charge is 0.496 e. The van der Waals surface area contributed by atoms with Gasteiger partial charge >= 0.3 is 5.63 Å². The number of Topliss-reactive ketones (excluding diaryl/α,β-unsaturated/α-hetero) is 1. The van der Waals surface area contributed by atoms with Gasteiger partial charge in [0.25, 0.3) is 0 Å². The van der Waals surface area contributed by atoms with Crippen LogP contribution >= 0.6 is 0 Å². The number of fused-ring (bicyclic) bond motifs is 7. The van der Waals surface area contributed by atoms with Crippen LogP contribution < -0.4 is 15.1 Å². The normalized spacial score (nSPS) is 25.9. The van der Waals surface area contributed by atoms with Crippen molar-refractivity contribution in [1.82, 2.24) is 0 Å². The maximum Gasteiger partial charge on any atom is 0.347 e. The quantitative estimate of drug-likeness (QED) is 0.778. The van der Waals surface area contributed by atoms with Crippen molar-refractivity contribution in [3.05, 3.63) is 33.2 Å². The molecule has 0 spiro atoms. The number of carbonyl (C=O) groups is 1. The first-order valence-corrected chi connectivity index (χ1v) is 8.77. The summed E-state index contributed by atoms with van der Waals surface area (Å²) in [5.41, 5.74) is 1.44. The van der Waals surface area contributed by atoms with Gasteiger partial charge in [0.05, 0.1) is 36.7 Å². The van der Waals surface area contributed by atoms with Crippen LogP contribution in [0.5, 0.6) is 11.5 Å². The van der Waals surface area contributed by atoms with E-state index >= 15 is 0 Å². The summed E-state index contributed by atoms with van der Waals surface area (Å²) in [4.78, 5) is 24.6. The highest BCUT2D eigenvalue weighted by atomic mass is 16.7. The minimum absolute atomic E-state index is 0.148. The standard InChI is InChI=1S/C19H18O7/c1-3-23-12-7-24-19-16(12)15-11(25-19)6-10(22-2)14-8-4-5-9(20)13(8)18(21)26-17(14)15/h6,12,16,19H,3-5,7H2,1-2H3/t12-,16-,19-/m0/s1. The SMILES string of the molecule is CCO[C@H]1CO[C@H]2Oc3cc(OC)c4c5c(c(=O)oc4c3[C@@H]21)C(=O)CC5. The fourth-order valence-electron chi connectivity index (χ4n) is 4.37. The van der Waals surface area contributed by atoms with Crippen LogP contribution in [0.25, 0.3) is 11.0 Å². The molecule has 7 nitrogen and oxygen atoms in total. The zero-order chi connectivity index (χ0) is 18.0. The number of hydrogen-bond acceptors (Lipinski definition) is 7. The highest BCUT2D eigenvalue weighted by molar-refractivity contribution is 6.06. The Labute approximate surface area is 148 Å². The van der Waals surface area contributed by atoms with Crippen LogP contribution in [0, 0.1) is 0 Å². The maximum atomic E-state index is 12.5. The van der Waals surface area contributed by atoms with E-state index in [2.05, 4.69) is 0 Å². The topological polar surface area (TPSA) is 84.2 Å². The summed E-state index contributed by atoms with van der Waals surface area (Å²) < 4.78 is 28.6. The Morgan fingerprint density at radius 2 is 2.12 bits per heavy atom. The van der Waals surface area contributed by atoms with Gasteiger partial charge in [-0.15, -0.1) is 0 Å². The van der Waals surface area contributed by atoms with Crippen molar-refractivity contribution in [2.75, 3.05) is 20.3 Å². The molecule has 0 unspecified atom stereocenters. The van der Waals surface area contributed by atoms with E-state index in [0.717, 1.165) is 5.56 Å². The number of rotatable bonds is 3. The van der Waals surface area contributed by atoms with Crippen LogP contribution in [0.4, 0.5) is 0 Å². The molecule has 2 aliphatic heterocycles. The van der Waals surface area contributed by atoms with Gasteiger partial charge in [0, 0.05) is 19.1 Å². The van der Waals surface area contributed by atoms with E-state index in [0.29, 0.717) is 54.1 Å². The van der Waals surface area contributed by atoms with Gasteiger partial charge in [0.15, 0.2) is 5.78 Å². The Bertz CT molecular complexity index is 988. The average molecular weight is 358 g/mol. The number of ether oxygens (including phenoxy) is 4. The van der Waals surface area contributed by atoms with Crippen LogP contribution in [0.1, 0.15) is 40.7 Å². The summed E-state index contributed by atoms with van der Waals surface area (Å²) >= 11 is 0. The molecule has 7 heteroatoms. The molecule has 3 atom stereocenters. The fourth-order valence-corrected chi connectivity index (χ4v) is 4.37. The molecule has 0 amide bonds. The highest BCUT2D eigenvalue weighted by Crippen LogP contribution is 2.51. The van der Waals surface area contributed by atoms with Crippen molar-refractivity contribution < 1.29 is 28.2 Å². The second kappa shape index (κ2) is 5.56. The van der Waals surface area contributed by atoms with E-state index in [-0.39, 0.29) is 23.4 Å². The lowest BCUT2D eigenvalue weighted by Crippen LogP contribution is -2.23. The number of carbonyl (C=O) groups excluding carboxylic acids is 1. The fraction of sp³-hybridized carbons (Fsp3) is 0.474. The molecule has 3 heterocycles. The van der Waals surface area contributed by atoms with Crippen LogP contribution in [-0.2, 0) is 15.9 Å². The van der Waals surface area contributed by atoms with E-state index in [4.69, 9.17) is 23.4 Å². The number of aryl methyl sites for hydroxylation is 1. The molecule has 1 aromatic heterocycles. The summed E-state index contributed by atoms with van der Waals surface area (Å²) in [7, 11) is 1.55. The molecular weight excluding hydrogens is 340 g/mol. The third-order valence-corrected chi connectivity index (χ3v) is 5.42. The molecule has 26 heavy (non-hydrogen) atoms. The van der Waals surface area contributed by atoms with E-state index in [1.807, 2.05) is 6.92 Å². The molecular formula is C19H18O7. The summed E-state index contributed by atoms with van der Waals surface area (Å²) in [6, 6.07) is 1.78. The van der Waals surface area contributed by atoms with E-state index in [1.54, 1.807) is 13.2 Å². The summed E-state index contributed by atoms with van der Waals surface area (Å²) in [6.07, 6.45) is 0.165. The van der Waals surface area contributed by atoms with Gasteiger partial charge in [-0.2, -0.15) is 0 Å². The first kappa shape index (κ1) is 15.8. The summed E-state index contributed by atoms with van der Waals surface area (Å²) in [5, 5.41) is 0.679. The Morgan fingerprint density at radius 1 is 1.27 bits per heavy atom. The monoisotopic (exact) mass is 358 g/mol. The Balaban J connectivity index is 1.83. The first-order valence-electron chi connectivity index (χ1n) is 8.77. The van der Waals surface area contributed by atoms with Crippen LogP contribution in [-0.4, -0.2) is 38.5 Å². The third-order valence-electron chi connectivity index (χ3n) is 5.42. The number of hydrogen-bond donors (Lipinski definition) is 0. The second-order valence-corrected chi connectivity index (χ2v) is 6.70. The zero-order valence-corrected chi connectivity index (χ0v) is 14.5. The lowest BCUT2D eigenvalue weighted by atomic mass is 9.92. The third kappa shape index (κ3) is 1.95. The van der Waals surface area contributed by atoms with Gasteiger partial charge in [0.2, 0.25) is 6.29 Å². The van der Waals surface area contributed by atoms with Gasteiger partial charge in [-0.3, -0.25) is 4.79 Å². The van der Waals surface area contributed by atoms with Gasteiger partial charge in [0.1, 0.15) is 22.6 Å². The predicted molar refractivity (Wildman–Crippen MR) is 90.2 cm³/mol. The molecule has 0 saturated carbocycles. The molecule has 1 fully saturated rings. The van der Waals surface area contributed by atoms with Gasteiger partial charge in [-0.05, 0) is 18.9 Å². The van der Waals surface area contributed by atoms with E-state index < -0.39 is 11.9 Å². The predicted octanol–water partition coefficient (Wildman–Crippen LogP) is 2.17. The second-order valence-electron chi connectivity index (χ2n) is 6.70. The number of benzene rings is 1. The molecule has 136 valence electrons. The van der Waals surface area contributed by atoms with Gasteiger partial charge in [-0.25, -0.2) is 4.79 Å². The summed E-state index contributed by atoms with van der Waals surface area (Å²) in [6.45, 7) is 2.90. The Kier molecular flexibility index (Phi) is 3.39. The number of methoxy groups -OCH3 is 1. The van der Waals surface area contributed by atoms with Crippen molar-refractivity contribution in [2.24, 2.45) is 0 Å². The van der Waals surface area contributed by atoms with Crippen molar-refractivity contribution in [1.29, 1.82) is 0 Å². The highest BCUT2D eigenvalue weighted by Gasteiger charge is 2.49. The molecule has 1 saturated heterocycles. The number of ketones is 1. The molecule has 0 N–H and O–H groups in total. The van der Waals surface area contributed by atoms with Crippen LogP contribution in [0.15, 0.2) is 15.3 Å². The van der Waals surface area contributed by atoms with Crippen LogP contribution in [0.3, 0.4) is 0 Å². The Hall–Kier alpha value is -2.38. The Morgan fingerprint density at radius 3 is 2.88 bits per heavy atom. The molecule has 1 aliphatic carbocycles. The molecule has 0 bridgehead atoms. The van der Waals surface area contributed by atoms with Gasteiger partial charge < -0.3 is 23.4 Å². The van der Waals surface area contributed by atoms with Crippen molar-refractivity contribution >= 4 is 16.8 Å². The van der Waals surface area contributed by atoms with E-state index in [9.17, 15) is 9.59 Å². The van der Waals surface area contributed by atoms with Gasteiger partial charge in [-0.1, -0.05) is 0 Å². The molecule has 0 radical (unpaired) electrons. The molecule has 1 aromatic carbocycles. The lowest BCUT2D eigenvalue weighted by molar-refractivity contribution is -0.0359. The minimum Gasteiger partial charge on any atom is -0.496 e. The van der Waals surface area contributed by atoms with Crippen molar-refractivity contribution in [2.45, 2.75) is 38.1 Å². The van der Waals surface area contributed by atoms with Crippen molar-refractivity contribution in [3.63, 3.8) is 0 Å². The molecule has 2 aromatic rings. The zero-order valence-electron chi connectivity index (χ0n) is 14.5. The van der Waals surface area contributed by atoms with Crippen molar-refractivity contribution in [3.8, 4) is 11.5 Å². The molecule has 3 aliphatic rings. The summed E-state index contributed by atoms with van der Waals surface area (Å²) in [5.74, 6) is 0.739. The maximum absolute atomic E-state index is 12.5. The minimum atomic E-state index is -0.597. The smallest absolute Gasteiger partial charge is 0.347 e. The average Bonchev–Trinajstić information content (AvgIpc) is 3.29. The van der Waals surface area contributed by atoms with E-state index in [1.165, 1.54) is 0 Å². The molecule has 5 rings (SSSR count). The first-order chi connectivity index (χ1) is 12.6. The van der Waals surface area contributed by atoms with Crippen LogP contribution in [0.2, 0.25) is 0 Å². The lowest BCUT2D eigenvalue weighted by Gasteiger charge is -2.17.